The van der Waals surface area contributed by atoms with Crippen molar-refractivity contribution in [2.75, 3.05) is 13.1 Å². The number of nitrogens with zero attached hydrogens (tertiary/aromatic N) is 5. The highest BCUT2D eigenvalue weighted by Gasteiger charge is 2.21. The minimum atomic E-state index is 0.653. The van der Waals surface area contributed by atoms with Crippen molar-refractivity contribution in [2.45, 2.75) is 32.9 Å². The average molecular weight is 353 g/mol. The van der Waals surface area contributed by atoms with Crippen molar-refractivity contribution in [3.8, 4) is 10.6 Å². The third kappa shape index (κ3) is 4.14. The Kier molecular flexibility index (Phi) is 4.90. The monoisotopic (exact) mass is 353 g/mol. The number of rotatable bonds is 5. The molecule has 1 aliphatic rings. The number of hydrogen-bond donors (Lipinski definition) is 0. The van der Waals surface area contributed by atoms with Crippen molar-refractivity contribution >= 4 is 11.3 Å². The summed E-state index contributed by atoms with van der Waals surface area (Å²) < 4.78 is 1.95. The maximum absolute atomic E-state index is 4.63. The molecule has 130 valence electrons. The third-order valence-corrected chi connectivity index (χ3v) is 5.78. The molecule has 1 aromatic carbocycles. The van der Waals surface area contributed by atoms with Gasteiger partial charge in [-0.2, -0.15) is 0 Å². The van der Waals surface area contributed by atoms with Crippen LogP contribution in [-0.2, 0) is 13.1 Å². The molecule has 0 unspecified atom stereocenters. The number of aromatic nitrogens is 4. The summed E-state index contributed by atoms with van der Waals surface area (Å²) in [5.41, 5.74) is 2.50. The summed E-state index contributed by atoms with van der Waals surface area (Å²) in [6.07, 6.45) is 8.28. The first kappa shape index (κ1) is 16.4. The molecule has 6 heteroatoms. The van der Waals surface area contributed by atoms with Gasteiger partial charge >= 0.3 is 0 Å². The zero-order chi connectivity index (χ0) is 17.1. The van der Waals surface area contributed by atoms with Gasteiger partial charge in [-0.3, -0.25) is 9.58 Å². The van der Waals surface area contributed by atoms with Crippen molar-refractivity contribution < 1.29 is 0 Å². The molecule has 2 aromatic heterocycles. The lowest BCUT2D eigenvalue weighted by Gasteiger charge is -2.32. The van der Waals surface area contributed by atoms with Crippen molar-refractivity contribution in [1.29, 1.82) is 0 Å². The standard InChI is InChI=1S/C19H23N5S/c1-15-4-6-17(7-5-15)19-20-11-18(25-19)14-23-9-2-3-16(12-23)13-24-10-8-21-22-24/h4-8,10-11,16H,2-3,9,12-14H2,1H3/t16-/m0/s1. The predicted octanol–water partition coefficient (Wildman–Crippen LogP) is 3.62. The van der Waals surface area contributed by atoms with E-state index in [9.17, 15) is 0 Å². The molecule has 0 bridgehead atoms. The summed E-state index contributed by atoms with van der Waals surface area (Å²) in [5, 5.41) is 9.12. The molecule has 1 atom stereocenters. The Morgan fingerprint density at radius 2 is 2.12 bits per heavy atom. The van der Waals surface area contributed by atoms with Crippen LogP contribution in [0.3, 0.4) is 0 Å². The molecule has 0 aliphatic carbocycles. The molecule has 0 N–H and O–H groups in total. The Bertz CT molecular complexity index is 794. The maximum Gasteiger partial charge on any atom is 0.123 e. The molecule has 3 aromatic rings. The van der Waals surface area contributed by atoms with E-state index in [0.717, 1.165) is 24.6 Å². The van der Waals surface area contributed by atoms with Crippen molar-refractivity contribution in [1.82, 2.24) is 24.9 Å². The minimum Gasteiger partial charge on any atom is -0.298 e. The van der Waals surface area contributed by atoms with E-state index in [1.807, 2.05) is 28.4 Å². The van der Waals surface area contributed by atoms with Crippen LogP contribution < -0.4 is 0 Å². The van der Waals surface area contributed by atoms with Gasteiger partial charge in [-0.25, -0.2) is 4.98 Å². The number of thiazole rings is 1. The van der Waals surface area contributed by atoms with Gasteiger partial charge in [-0.1, -0.05) is 35.0 Å². The summed E-state index contributed by atoms with van der Waals surface area (Å²) in [6, 6.07) is 8.62. The number of hydrogen-bond acceptors (Lipinski definition) is 5. The van der Waals surface area contributed by atoms with E-state index in [1.165, 1.54) is 35.4 Å². The van der Waals surface area contributed by atoms with Gasteiger partial charge in [0.2, 0.25) is 0 Å². The summed E-state index contributed by atoms with van der Waals surface area (Å²) in [5.74, 6) is 0.653. The van der Waals surface area contributed by atoms with E-state index in [4.69, 9.17) is 0 Å². The number of aryl methyl sites for hydroxylation is 1. The van der Waals surface area contributed by atoms with E-state index >= 15 is 0 Å². The average Bonchev–Trinajstić information content (AvgIpc) is 3.28. The molecule has 0 spiro atoms. The van der Waals surface area contributed by atoms with Crippen LogP contribution in [0, 0.1) is 12.8 Å². The van der Waals surface area contributed by atoms with E-state index < -0.39 is 0 Å². The fourth-order valence-corrected chi connectivity index (χ4v) is 4.43. The molecular formula is C19H23N5S. The van der Waals surface area contributed by atoms with E-state index in [0.29, 0.717) is 5.92 Å². The molecule has 3 heterocycles. The van der Waals surface area contributed by atoms with Crippen LogP contribution in [0.2, 0.25) is 0 Å². The highest BCUT2D eigenvalue weighted by molar-refractivity contribution is 7.15. The molecular weight excluding hydrogens is 330 g/mol. The molecule has 0 saturated carbocycles. The fourth-order valence-electron chi connectivity index (χ4n) is 3.47. The van der Waals surface area contributed by atoms with Crippen LogP contribution in [-0.4, -0.2) is 38.0 Å². The smallest absolute Gasteiger partial charge is 0.123 e. The lowest BCUT2D eigenvalue weighted by atomic mass is 9.98. The van der Waals surface area contributed by atoms with Gasteiger partial charge in [-0.15, -0.1) is 16.4 Å². The number of piperidine rings is 1. The molecule has 1 saturated heterocycles. The van der Waals surface area contributed by atoms with Crippen molar-refractivity contribution in [2.24, 2.45) is 5.92 Å². The maximum atomic E-state index is 4.63. The third-order valence-electron chi connectivity index (χ3n) is 4.75. The number of benzene rings is 1. The van der Waals surface area contributed by atoms with Gasteiger partial charge in [0, 0.05) is 42.5 Å². The van der Waals surface area contributed by atoms with Gasteiger partial charge < -0.3 is 0 Å². The lowest BCUT2D eigenvalue weighted by molar-refractivity contribution is 0.154. The van der Waals surface area contributed by atoms with E-state index in [1.54, 1.807) is 6.20 Å². The predicted molar refractivity (Wildman–Crippen MR) is 100 cm³/mol. The Labute approximate surface area is 152 Å². The normalized spacial score (nSPS) is 18.5. The van der Waals surface area contributed by atoms with Crippen molar-refractivity contribution in [3.63, 3.8) is 0 Å². The molecule has 0 radical (unpaired) electrons. The van der Waals surface area contributed by atoms with Crippen molar-refractivity contribution in [3.05, 3.63) is 53.3 Å². The van der Waals surface area contributed by atoms with Crippen LogP contribution in [0.5, 0.6) is 0 Å². The summed E-state index contributed by atoms with van der Waals surface area (Å²) in [6.45, 7) is 6.37. The Morgan fingerprint density at radius 3 is 2.92 bits per heavy atom. The van der Waals surface area contributed by atoms with Crippen LogP contribution >= 0.6 is 11.3 Å². The molecule has 4 rings (SSSR count). The zero-order valence-corrected chi connectivity index (χ0v) is 15.3. The van der Waals surface area contributed by atoms with Gasteiger partial charge in [0.05, 0.1) is 6.20 Å². The Hall–Kier alpha value is -2.05. The highest BCUT2D eigenvalue weighted by atomic mass is 32.1. The summed E-state index contributed by atoms with van der Waals surface area (Å²) in [4.78, 5) is 8.53. The highest BCUT2D eigenvalue weighted by Crippen LogP contribution is 2.27. The fraction of sp³-hybridized carbons (Fsp3) is 0.421. The minimum absolute atomic E-state index is 0.653. The second-order valence-electron chi connectivity index (χ2n) is 6.87. The van der Waals surface area contributed by atoms with E-state index in [2.05, 4.69) is 51.4 Å². The second-order valence-corrected chi connectivity index (χ2v) is 7.98. The van der Waals surface area contributed by atoms with Gasteiger partial charge in [0.25, 0.3) is 0 Å². The van der Waals surface area contributed by atoms with Gasteiger partial charge in [0.1, 0.15) is 5.01 Å². The molecule has 5 nitrogen and oxygen atoms in total. The zero-order valence-electron chi connectivity index (χ0n) is 14.5. The second kappa shape index (κ2) is 7.45. The molecule has 1 fully saturated rings. The summed E-state index contributed by atoms with van der Waals surface area (Å²) >= 11 is 1.81. The van der Waals surface area contributed by atoms with E-state index in [-0.39, 0.29) is 0 Å². The summed E-state index contributed by atoms with van der Waals surface area (Å²) in [7, 11) is 0. The van der Waals surface area contributed by atoms with Crippen LogP contribution in [0.4, 0.5) is 0 Å². The first-order valence-corrected chi connectivity index (χ1v) is 9.66. The Morgan fingerprint density at radius 1 is 1.24 bits per heavy atom. The van der Waals surface area contributed by atoms with Crippen LogP contribution in [0.1, 0.15) is 23.3 Å². The topological polar surface area (TPSA) is 46.8 Å². The first-order valence-electron chi connectivity index (χ1n) is 8.84. The van der Waals surface area contributed by atoms with Gasteiger partial charge in [0.15, 0.2) is 0 Å². The largest absolute Gasteiger partial charge is 0.298 e. The molecule has 0 amide bonds. The first-order chi connectivity index (χ1) is 12.3. The SMILES string of the molecule is Cc1ccc(-c2ncc(CN3CCC[C@H](Cn4ccnn4)C3)s2)cc1. The van der Waals surface area contributed by atoms with Gasteiger partial charge in [-0.05, 0) is 32.2 Å². The van der Waals surface area contributed by atoms with Crippen LogP contribution in [0.15, 0.2) is 42.9 Å². The number of likely N-dealkylation sites (tertiary alicyclic amines) is 1. The molecule has 1 aliphatic heterocycles. The molecule has 25 heavy (non-hydrogen) atoms. The van der Waals surface area contributed by atoms with Crippen LogP contribution in [0.25, 0.3) is 10.6 Å². The quantitative estimate of drug-likeness (QED) is 0.703. The Balaban J connectivity index is 1.37. The lowest BCUT2D eigenvalue weighted by Crippen LogP contribution is -2.36.